The summed E-state index contributed by atoms with van der Waals surface area (Å²) >= 11 is 0. The SMILES string of the molecule is COC(=O)N[C@H](C(=O)N1C[C@@H](OC)C[C@H]1c1ncc(-c2ccc(-c3ccc(-c4cnc(C5C6CCC(C6)C5C(=O)NCc5cccnc5)[nH]4)cc3)cc2)[nH]1)[C@@H](C)OC. The van der Waals surface area contributed by atoms with Gasteiger partial charge < -0.3 is 39.7 Å². The predicted molar refractivity (Wildman–Crippen MR) is 216 cm³/mol. The molecule has 1 aliphatic heterocycles. The van der Waals surface area contributed by atoms with E-state index in [1.807, 2.05) is 30.5 Å². The topological polar surface area (TPSA) is 176 Å². The number of likely N-dealkylation sites (tertiary alicyclic amines) is 1. The summed E-state index contributed by atoms with van der Waals surface area (Å²) in [4.78, 5) is 61.9. The van der Waals surface area contributed by atoms with Crippen LogP contribution in [0.4, 0.5) is 4.79 Å². The Labute approximate surface area is 337 Å². The molecule has 14 nitrogen and oxygen atoms in total. The summed E-state index contributed by atoms with van der Waals surface area (Å²) in [7, 11) is 4.37. The van der Waals surface area contributed by atoms with E-state index in [-0.39, 0.29) is 29.8 Å². The number of rotatable bonds is 13. The molecule has 14 heteroatoms. The van der Waals surface area contributed by atoms with E-state index in [1.54, 1.807) is 37.5 Å². The summed E-state index contributed by atoms with van der Waals surface area (Å²) in [6.07, 6.45) is 9.53. The fraction of sp³-hybridized carbons (Fsp3) is 0.409. The number of hydrogen-bond acceptors (Lipinski definition) is 9. The van der Waals surface area contributed by atoms with Gasteiger partial charge in [0.05, 0.1) is 55.1 Å². The van der Waals surface area contributed by atoms with Crippen LogP contribution in [0.3, 0.4) is 0 Å². The van der Waals surface area contributed by atoms with Gasteiger partial charge in [0, 0.05) is 52.0 Å². The van der Waals surface area contributed by atoms with E-state index in [0.717, 1.165) is 64.3 Å². The summed E-state index contributed by atoms with van der Waals surface area (Å²) in [6.45, 7) is 2.54. The fourth-order valence-electron chi connectivity index (χ4n) is 9.21. The van der Waals surface area contributed by atoms with Gasteiger partial charge in [0.25, 0.3) is 0 Å². The number of hydrogen-bond donors (Lipinski definition) is 4. The van der Waals surface area contributed by atoms with Crippen LogP contribution in [0.25, 0.3) is 33.6 Å². The minimum absolute atomic E-state index is 0.0828. The Bertz CT molecular complexity index is 2210. The second kappa shape index (κ2) is 16.9. The zero-order chi connectivity index (χ0) is 40.3. The van der Waals surface area contributed by atoms with E-state index in [2.05, 4.69) is 67.0 Å². The average Bonchev–Trinajstić information content (AvgIpc) is 4.13. The van der Waals surface area contributed by atoms with Crippen LogP contribution >= 0.6 is 0 Å². The highest BCUT2D eigenvalue weighted by Crippen LogP contribution is 2.56. The first kappa shape index (κ1) is 39.0. The Hall–Kier alpha value is -5.86. The average molecular weight is 787 g/mol. The molecule has 3 aliphatic rings. The Balaban J connectivity index is 0.931. The molecule has 2 saturated carbocycles. The monoisotopic (exact) mass is 786 g/mol. The fourth-order valence-corrected chi connectivity index (χ4v) is 9.21. The van der Waals surface area contributed by atoms with Gasteiger partial charge in [-0.15, -0.1) is 0 Å². The smallest absolute Gasteiger partial charge is 0.407 e. The standard InChI is InChI=1S/C44H50N8O6/c1-25(56-2)39(51-44(55)58-4)43(54)52-24-33(57-3)19-36(52)40-46-22-34(49-40)29-11-7-27(8-12-29)28-9-13-30(14-10-28)35-23-47-41(50-35)37-31-15-16-32(18-31)38(37)42(53)48-21-26-6-5-17-45-20-26/h5-14,17,20,22-23,25,31-33,36-39H,15-16,18-19,21,24H2,1-4H3,(H,46,49)(H,47,50)(H,48,53)(H,51,55)/t25-,31?,32?,33+,36+,37?,38?,39+/m1/s1. The highest BCUT2D eigenvalue weighted by atomic mass is 16.5. The molecule has 0 spiro atoms. The van der Waals surface area contributed by atoms with Crippen molar-refractivity contribution in [1.29, 1.82) is 0 Å². The van der Waals surface area contributed by atoms with Gasteiger partial charge in [-0.05, 0) is 71.9 Å². The van der Waals surface area contributed by atoms with Crippen molar-refractivity contribution in [1.82, 2.24) is 40.5 Å². The lowest BCUT2D eigenvalue weighted by Crippen LogP contribution is -2.54. The molecular formula is C44H50N8O6. The first-order chi connectivity index (χ1) is 28.2. The lowest BCUT2D eigenvalue weighted by molar-refractivity contribution is -0.138. The molecule has 0 radical (unpaired) electrons. The lowest BCUT2D eigenvalue weighted by atomic mass is 9.78. The molecule has 8 atom stereocenters. The maximum absolute atomic E-state index is 13.8. The quantitative estimate of drug-likeness (QED) is 0.111. The minimum atomic E-state index is -0.952. The van der Waals surface area contributed by atoms with Crippen LogP contribution in [0.5, 0.6) is 0 Å². The zero-order valence-corrected chi connectivity index (χ0v) is 33.2. The third kappa shape index (κ3) is 7.86. The number of aromatic nitrogens is 5. The number of amides is 3. The van der Waals surface area contributed by atoms with Crippen molar-refractivity contribution in [3.05, 3.63) is 103 Å². The normalized spacial score (nSPS) is 23.4. The van der Waals surface area contributed by atoms with Gasteiger partial charge in [-0.2, -0.15) is 0 Å². The van der Waals surface area contributed by atoms with Crippen LogP contribution in [0.1, 0.15) is 61.8 Å². The number of methoxy groups -OCH3 is 3. The van der Waals surface area contributed by atoms with Crippen LogP contribution in [-0.4, -0.2) is 93.9 Å². The molecule has 58 heavy (non-hydrogen) atoms. The highest BCUT2D eigenvalue weighted by Gasteiger charge is 2.52. The number of fused-ring (bicyclic) bond motifs is 2. The van der Waals surface area contributed by atoms with Crippen LogP contribution < -0.4 is 10.6 Å². The van der Waals surface area contributed by atoms with Gasteiger partial charge >= 0.3 is 6.09 Å². The van der Waals surface area contributed by atoms with E-state index in [0.29, 0.717) is 37.2 Å². The lowest BCUT2D eigenvalue weighted by Gasteiger charge is -2.30. The number of nitrogens with one attached hydrogen (secondary N) is 4. The van der Waals surface area contributed by atoms with Gasteiger partial charge in [0.15, 0.2) is 0 Å². The van der Waals surface area contributed by atoms with E-state index in [9.17, 15) is 14.4 Å². The minimum Gasteiger partial charge on any atom is -0.453 e. The molecule has 4 N–H and O–H groups in total. The summed E-state index contributed by atoms with van der Waals surface area (Å²) in [5.74, 6) is 2.17. The highest BCUT2D eigenvalue weighted by molar-refractivity contribution is 5.87. The number of nitrogens with zero attached hydrogens (tertiary/aromatic N) is 4. The summed E-state index contributed by atoms with van der Waals surface area (Å²) < 4.78 is 15.8. The molecular weight excluding hydrogens is 737 g/mol. The van der Waals surface area contributed by atoms with Gasteiger partial charge in [0.2, 0.25) is 11.8 Å². The molecule has 1 saturated heterocycles. The van der Waals surface area contributed by atoms with Crippen molar-refractivity contribution in [2.75, 3.05) is 27.9 Å². The number of ether oxygens (including phenoxy) is 3. The third-order valence-electron chi connectivity index (χ3n) is 12.4. The zero-order valence-electron chi connectivity index (χ0n) is 33.2. The molecule has 3 amide bonds. The summed E-state index contributed by atoms with van der Waals surface area (Å²) in [6, 6.07) is 19.2. The van der Waals surface area contributed by atoms with Crippen molar-refractivity contribution in [3.63, 3.8) is 0 Å². The van der Waals surface area contributed by atoms with Crippen LogP contribution in [0, 0.1) is 17.8 Å². The third-order valence-corrected chi connectivity index (χ3v) is 12.4. The number of imidazole rings is 2. The largest absolute Gasteiger partial charge is 0.453 e. The number of aromatic amines is 2. The molecule has 2 aromatic carbocycles. The van der Waals surface area contributed by atoms with Crippen molar-refractivity contribution in [2.45, 2.75) is 69.4 Å². The van der Waals surface area contributed by atoms with Crippen molar-refractivity contribution in [3.8, 4) is 33.6 Å². The number of H-pyrrole nitrogens is 2. The number of carbonyl (C=O) groups is 3. The molecule has 3 fully saturated rings. The predicted octanol–water partition coefficient (Wildman–Crippen LogP) is 6.02. The molecule has 4 unspecified atom stereocenters. The van der Waals surface area contributed by atoms with E-state index < -0.39 is 24.3 Å². The van der Waals surface area contributed by atoms with E-state index in [4.69, 9.17) is 19.2 Å². The number of carbonyl (C=O) groups excluding carboxylic acids is 3. The first-order valence-electron chi connectivity index (χ1n) is 19.9. The molecule has 302 valence electrons. The van der Waals surface area contributed by atoms with Gasteiger partial charge in [-0.25, -0.2) is 14.8 Å². The van der Waals surface area contributed by atoms with Crippen molar-refractivity contribution >= 4 is 17.9 Å². The van der Waals surface area contributed by atoms with Crippen molar-refractivity contribution in [2.24, 2.45) is 17.8 Å². The molecule has 3 aromatic heterocycles. The Morgan fingerprint density at radius 2 is 1.47 bits per heavy atom. The second-order valence-electron chi connectivity index (χ2n) is 15.6. The summed E-state index contributed by atoms with van der Waals surface area (Å²) in [5.41, 5.74) is 6.87. The Morgan fingerprint density at radius 1 is 0.828 bits per heavy atom. The van der Waals surface area contributed by atoms with Crippen LogP contribution in [0.2, 0.25) is 0 Å². The maximum Gasteiger partial charge on any atom is 0.407 e. The summed E-state index contributed by atoms with van der Waals surface area (Å²) in [5, 5.41) is 5.80. The second-order valence-corrected chi connectivity index (χ2v) is 15.6. The molecule has 4 heterocycles. The molecule has 5 aromatic rings. The van der Waals surface area contributed by atoms with Crippen molar-refractivity contribution < 1.29 is 28.6 Å². The molecule has 2 aliphatic carbocycles. The van der Waals surface area contributed by atoms with Crippen LogP contribution in [0.15, 0.2) is 85.5 Å². The number of pyridine rings is 1. The Kier molecular flexibility index (Phi) is 11.4. The number of benzene rings is 2. The van der Waals surface area contributed by atoms with E-state index in [1.165, 1.54) is 14.2 Å². The van der Waals surface area contributed by atoms with Gasteiger partial charge in [-0.1, -0.05) is 54.6 Å². The Morgan fingerprint density at radius 3 is 2.09 bits per heavy atom. The first-order valence-corrected chi connectivity index (χ1v) is 19.9. The molecule has 8 rings (SSSR count). The van der Waals surface area contributed by atoms with Gasteiger partial charge in [0.1, 0.15) is 17.7 Å². The maximum atomic E-state index is 13.8. The van der Waals surface area contributed by atoms with E-state index >= 15 is 0 Å². The molecule has 2 bridgehead atoms. The van der Waals surface area contributed by atoms with Crippen LogP contribution in [-0.2, 0) is 30.3 Å². The number of alkyl carbamates (subject to hydrolysis) is 1. The van der Waals surface area contributed by atoms with Gasteiger partial charge in [-0.3, -0.25) is 14.6 Å².